The van der Waals surface area contributed by atoms with Crippen molar-refractivity contribution in [2.45, 2.75) is 0 Å². The number of nitrogens with one attached hydrogen (secondary N) is 1. The number of aliphatic imine (C=N–C) groups is 1. The van der Waals surface area contributed by atoms with Crippen molar-refractivity contribution < 1.29 is 14.7 Å². The molecular formula is C17H12N2O3S. The van der Waals surface area contributed by atoms with E-state index >= 15 is 0 Å². The molecule has 0 saturated carbocycles. The van der Waals surface area contributed by atoms with E-state index in [1.165, 1.54) is 12.1 Å². The van der Waals surface area contributed by atoms with E-state index in [2.05, 4.69) is 10.3 Å². The van der Waals surface area contributed by atoms with Gasteiger partial charge in [-0.05, 0) is 47.7 Å². The Labute approximate surface area is 136 Å². The Bertz CT molecular complexity index is 811. The van der Waals surface area contributed by atoms with Crippen molar-refractivity contribution in [2.24, 2.45) is 4.99 Å². The number of phenols is 1. The summed E-state index contributed by atoms with van der Waals surface area (Å²) in [7, 11) is 0. The Balaban J connectivity index is 1.78. The number of amides is 2. The summed E-state index contributed by atoms with van der Waals surface area (Å²) in [5.74, 6) is -0.548. The fourth-order valence-corrected chi connectivity index (χ4v) is 2.76. The Morgan fingerprint density at radius 3 is 2.48 bits per heavy atom. The lowest BCUT2D eigenvalue weighted by Crippen LogP contribution is -2.20. The Kier molecular flexibility index (Phi) is 4.25. The third-order valence-electron chi connectivity index (χ3n) is 3.07. The van der Waals surface area contributed by atoms with Crippen LogP contribution in [0.2, 0.25) is 0 Å². The minimum absolute atomic E-state index is 0.159. The summed E-state index contributed by atoms with van der Waals surface area (Å²) < 4.78 is 0. The molecule has 0 bridgehead atoms. The van der Waals surface area contributed by atoms with E-state index in [1.807, 2.05) is 6.07 Å². The molecule has 1 aliphatic heterocycles. The zero-order chi connectivity index (χ0) is 16.2. The fourth-order valence-electron chi connectivity index (χ4n) is 1.94. The molecular weight excluding hydrogens is 312 g/mol. The molecule has 3 rings (SSSR count). The van der Waals surface area contributed by atoms with Crippen molar-refractivity contribution in [1.82, 2.24) is 5.32 Å². The van der Waals surface area contributed by atoms with Crippen LogP contribution in [-0.4, -0.2) is 22.1 Å². The van der Waals surface area contributed by atoms with E-state index in [-0.39, 0.29) is 16.8 Å². The van der Waals surface area contributed by atoms with Crippen LogP contribution in [0.3, 0.4) is 0 Å². The van der Waals surface area contributed by atoms with Gasteiger partial charge in [-0.15, -0.1) is 0 Å². The highest BCUT2D eigenvalue weighted by molar-refractivity contribution is 8.18. The molecule has 1 aliphatic rings. The minimum atomic E-state index is -0.403. The van der Waals surface area contributed by atoms with Crippen molar-refractivity contribution in [3.05, 3.63) is 70.6 Å². The second kappa shape index (κ2) is 6.50. The molecule has 2 N–H and O–H groups in total. The molecule has 2 aromatic rings. The second-order valence-electron chi connectivity index (χ2n) is 4.74. The lowest BCUT2D eigenvalue weighted by Gasteiger charge is -1.96. The van der Waals surface area contributed by atoms with Crippen LogP contribution in [0.5, 0.6) is 5.75 Å². The summed E-state index contributed by atoms with van der Waals surface area (Å²) in [5, 5.41) is 12.1. The number of phenolic OH excluding ortho intramolecular Hbond substituents is 1. The quantitative estimate of drug-likeness (QED) is 0.833. The standard InChI is InChI=1S/C17H12N2O3S/c20-13-8-6-11(7-9-13)10-14-16(22)19-17(23-14)18-15(21)12-4-2-1-3-5-12/h1-10,20H,(H,18,19,21,22)/b14-10-. The van der Waals surface area contributed by atoms with Gasteiger partial charge in [0.15, 0.2) is 5.17 Å². The van der Waals surface area contributed by atoms with Crippen molar-refractivity contribution >= 4 is 34.8 Å². The molecule has 0 aliphatic carbocycles. The van der Waals surface area contributed by atoms with E-state index in [0.717, 1.165) is 17.3 Å². The first-order valence-electron chi connectivity index (χ1n) is 6.80. The Morgan fingerprint density at radius 2 is 1.78 bits per heavy atom. The summed E-state index contributed by atoms with van der Waals surface area (Å²) in [5.41, 5.74) is 1.24. The van der Waals surface area contributed by atoms with Crippen molar-refractivity contribution in [3.8, 4) is 5.75 Å². The topological polar surface area (TPSA) is 78.8 Å². The van der Waals surface area contributed by atoms with Gasteiger partial charge < -0.3 is 10.4 Å². The average molecular weight is 324 g/mol. The molecule has 0 radical (unpaired) electrons. The van der Waals surface area contributed by atoms with Crippen LogP contribution < -0.4 is 5.32 Å². The highest BCUT2D eigenvalue weighted by atomic mass is 32.2. The van der Waals surface area contributed by atoms with Crippen LogP contribution in [0.1, 0.15) is 15.9 Å². The number of hydrogen-bond donors (Lipinski definition) is 2. The van der Waals surface area contributed by atoms with Crippen LogP contribution >= 0.6 is 11.8 Å². The zero-order valence-electron chi connectivity index (χ0n) is 11.9. The van der Waals surface area contributed by atoms with Gasteiger partial charge in [0.2, 0.25) is 0 Å². The molecule has 0 spiro atoms. The van der Waals surface area contributed by atoms with Gasteiger partial charge in [-0.2, -0.15) is 4.99 Å². The van der Waals surface area contributed by atoms with E-state index in [9.17, 15) is 14.7 Å². The molecule has 0 unspecified atom stereocenters. The highest BCUT2D eigenvalue weighted by Crippen LogP contribution is 2.26. The number of thioether (sulfide) groups is 1. The van der Waals surface area contributed by atoms with Gasteiger partial charge in [0.1, 0.15) is 5.75 Å². The number of nitrogens with zero attached hydrogens (tertiary/aromatic N) is 1. The largest absolute Gasteiger partial charge is 0.508 e. The predicted molar refractivity (Wildman–Crippen MR) is 90.0 cm³/mol. The molecule has 1 fully saturated rings. The third-order valence-corrected chi connectivity index (χ3v) is 3.98. The van der Waals surface area contributed by atoms with Gasteiger partial charge in [0.25, 0.3) is 11.8 Å². The maximum absolute atomic E-state index is 12.0. The molecule has 0 aromatic heterocycles. The van der Waals surface area contributed by atoms with Crippen LogP contribution in [0.15, 0.2) is 64.5 Å². The number of carbonyl (C=O) groups is 2. The van der Waals surface area contributed by atoms with Crippen LogP contribution in [0.4, 0.5) is 0 Å². The lowest BCUT2D eigenvalue weighted by atomic mass is 10.2. The van der Waals surface area contributed by atoms with Crippen molar-refractivity contribution in [3.63, 3.8) is 0 Å². The molecule has 1 saturated heterocycles. The van der Waals surface area contributed by atoms with Gasteiger partial charge in [0.05, 0.1) is 4.91 Å². The number of carbonyl (C=O) groups excluding carboxylic acids is 2. The van der Waals surface area contributed by atoms with Crippen molar-refractivity contribution in [2.75, 3.05) is 0 Å². The number of benzene rings is 2. The fraction of sp³-hybridized carbons (Fsp3) is 0. The first kappa shape index (κ1) is 15.1. The number of aromatic hydroxyl groups is 1. The SMILES string of the molecule is O=C1NC(=NC(=O)c2ccccc2)S/C1=C\c1ccc(O)cc1. The average Bonchev–Trinajstić information content (AvgIpc) is 2.90. The van der Waals surface area contributed by atoms with Crippen LogP contribution in [0.25, 0.3) is 6.08 Å². The van der Waals surface area contributed by atoms with Crippen LogP contribution in [0, 0.1) is 0 Å². The van der Waals surface area contributed by atoms with E-state index in [1.54, 1.807) is 42.5 Å². The second-order valence-corrected chi connectivity index (χ2v) is 5.78. The number of hydrogen-bond acceptors (Lipinski definition) is 4. The molecule has 0 atom stereocenters. The number of amidine groups is 1. The zero-order valence-corrected chi connectivity index (χ0v) is 12.7. The van der Waals surface area contributed by atoms with Gasteiger partial charge in [-0.3, -0.25) is 9.59 Å². The summed E-state index contributed by atoms with van der Waals surface area (Å²) in [6.07, 6.45) is 1.68. The molecule has 2 aromatic carbocycles. The van der Waals surface area contributed by atoms with Gasteiger partial charge >= 0.3 is 0 Å². The van der Waals surface area contributed by atoms with Gasteiger partial charge in [-0.25, -0.2) is 0 Å². The third kappa shape index (κ3) is 3.67. The first-order chi connectivity index (χ1) is 11.1. The Hall–Kier alpha value is -2.86. The molecule has 5 nitrogen and oxygen atoms in total. The maximum atomic E-state index is 12.0. The summed E-state index contributed by atoms with van der Waals surface area (Å²) in [6.45, 7) is 0. The van der Waals surface area contributed by atoms with Crippen LogP contribution in [-0.2, 0) is 4.79 Å². The first-order valence-corrected chi connectivity index (χ1v) is 7.61. The maximum Gasteiger partial charge on any atom is 0.279 e. The van der Waals surface area contributed by atoms with E-state index in [4.69, 9.17) is 0 Å². The lowest BCUT2D eigenvalue weighted by molar-refractivity contribution is -0.115. The van der Waals surface area contributed by atoms with Gasteiger partial charge in [-0.1, -0.05) is 30.3 Å². The summed E-state index contributed by atoms with van der Waals surface area (Å²) >= 11 is 1.11. The monoisotopic (exact) mass is 324 g/mol. The van der Waals surface area contributed by atoms with E-state index < -0.39 is 5.91 Å². The molecule has 114 valence electrons. The van der Waals surface area contributed by atoms with Gasteiger partial charge in [0, 0.05) is 5.56 Å². The minimum Gasteiger partial charge on any atom is -0.508 e. The summed E-state index contributed by atoms with van der Waals surface area (Å²) in [6, 6.07) is 15.1. The normalized spacial score (nSPS) is 17.5. The molecule has 1 heterocycles. The van der Waals surface area contributed by atoms with E-state index in [0.29, 0.717) is 10.5 Å². The smallest absolute Gasteiger partial charge is 0.279 e. The highest BCUT2D eigenvalue weighted by Gasteiger charge is 2.24. The number of rotatable bonds is 2. The molecule has 23 heavy (non-hydrogen) atoms. The molecule has 2 amide bonds. The molecule has 6 heteroatoms. The summed E-state index contributed by atoms with van der Waals surface area (Å²) in [4.78, 5) is 28.3. The van der Waals surface area contributed by atoms with Crippen molar-refractivity contribution in [1.29, 1.82) is 0 Å². The predicted octanol–water partition coefficient (Wildman–Crippen LogP) is 2.79. The Morgan fingerprint density at radius 1 is 1.09 bits per heavy atom.